The van der Waals surface area contributed by atoms with Crippen LogP contribution in [0.1, 0.15) is 36.7 Å². The van der Waals surface area contributed by atoms with E-state index in [1.54, 1.807) is 59.2 Å². The molecular weight excluding hydrogens is 534 g/mol. The van der Waals surface area contributed by atoms with E-state index in [2.05, 4.69) is 0 Å². The molecule has 0 aromatic heterocycles. The lowest BCUT2D eigenvalue weighted by molar-refractivity contribution is -0.145. The van der Waals surface area contributed by atoms with Crippen LogP contribution in [0.2, 0.25) is 0 Å². The summed E-state index contributed by atoms with van der Waals surface area (Å²) < 4.78 is 21.5. The van der Waals surface area contributed by atoms with E-state index in [0.717, 1.165) is 5.56 Å². The summed E-state index contributed by atoms with van der Waals surface area (Å²) in [7, 11) is 0. The van der Waals surface area contributed by atoms with Gasteiger partial charge in [-0.1, -0.05) is 12.1 Å². The van der Waals surface area contributed by atoms with Crippen LogP contribution in [0.25, 0.3) is 6.08 Å². The van der Waals surface area contributed by atoms with E-state index in [1.165, 1.54) is 11.8 Å². The predicted molar refractivity (Wildman–Crippen MR) is 153 cm³/mol. The second kappa shape index (κ2) is 14.0. The number of esters is 1. The molecule has 0 spiro atoms. The Morgan fingerprint density at radius 1 is 1.02 bits per heavy atom. The van der Waals surface area contributed by atoms with Crippen LogP contribution in [0.3, 0.4) is 0 Å². The third kappa shape index (κ3) is 7.22. The van der Waals surface area contributed by atoms with Gasteiger partial charge in [0.1, 0.15) is 0 Å². The van der Waals surface area contributed by atoms with E-state index in [4.69, 9.17) is 23.9 Å². The highest BCUT2D eigenvalue weighted by Crippen LogP contribution is 2.36. The Labute approximate surface area is 237 Å². The monoisotopic (exact) mass is 567 g/mol. The van der Waals surface area contributed by atoms with Crippen molar-refractivity contribution in [2.45, 2.75) is 20.8 Å². The summed E-state index contributed by atoms with van der Waals surface area (Å²) in [4.78, 5) is 46.4. The average molecular weight is 568 g/mol. The van der Waals surface area contributed by atoms with Crippen LogP contribution in [-0.2, 0) is 19.1 Å². The van der Waals surface area contributed by atoms with Gasteiger partial charge in [-0.05, 0) is 74.5 Å². The third-order valence-electron chi connectivity index (χ3n) is 6.04. The van der Waals surface area contributed by atoms with Gasteiger partial charge in [0.25, 0.3) is 11.8 Å². The van der Waals surface area contributed by atoms with Crippen molar-refractivity contribution >= 4 is 46.5 Å². The molecule has 4 rings (SSSR count). The molecule has 2 aromatic rings. The minimum atomic E-state index is -0.466. The van der Waals surface area contributed by atoms with Crippen molar-refractivity contribution in [3.63, 3.8) is 0 Å². The molecular formula is C29H33N3O7S. The zero-order chi connectivity index (χ0) is 28.5. The molecule has 0 saturated carbocycles. The summed E-state index contributed by atoms with van der Waals surface area (Å²) in [5.74, 6) is 0.179. The zero-order valence-electron chi connectivity index (χ0n) is 22.9. The molecule has 10 nitrogen and oxygen atoms in total. The highest BCUT2D eigenvalue weighted by atomic mass is 32.2. The average Bonchev–Trinajstić information content (AvgIpc) is 3.26. The molecule has 2 aromatic carbocycles. The highest BCUT2D eigenvalue weighted by Gasteiger charge is 2.32. The van der Waals surface area contributed by atoms with Crippen LogP contribution >= 0.6 is 11.8 Å². The maximum absolute atomic E-state index is 13.2. The van der Waals surface area contributed by atoms with Gasteiger partial charge in [-0.25, -0.2) is 9.79 Å². The van der Waals surface area contributed by atoms with E-state index in [-0.39, 0.29) is 25.0 Å². The third-order valence-corrected chi connectivity index (χ3v) is 7.04. The van der Waals surface area contributed by atoms with Gasteiger partial charge >= 0.3 is 5.97 Å². The molecule has 2 aliphatic rings. The van der Waals surface area contributed by atoms with Crippen molar-refractivity contribution in [2.24, 2.45) is 4.99 Å². The number of benzene rings is 2. The Bertz CT molecular complexity index is 1300. The Kier molecular flexibility index (Phi) is 10.2. The van der Waals surface area contributed by atoms with Gasteiger partial charge in [0.05, 0.1) is 37.0 Å². The van der Waals surface area contributed by atoms with Gasteiger partial charge in [0.15, 0.2) is 23.3 Å². The number of rotatable bonds is 10. The van der Waals surface area contributed by atoms with Crippen LogP contribution in [-0.4, -0.2) is 85.4 Å². The standard InChI is InChI=1S/C29H33N3O7S/c1-4-32-28(35)25(17-20-10-11-23(24(16-20)37-5-2)39-19-26(33)38-6-3)40-29(32)30-22-9-7-8-21(18-22)27(34)31-12-14-36-15-13-31/h7-11,16-18H,4-6,12-15,19H2,1-3H3/b25-17+,30-29?. The molecule has 40 heavy (non-hydrogen) atoms. The zero-order valence-corrected chi connectivity index (χ0v) is 23.7. The van der Waals surface area contributed by atoms with Crippen LogP contribution in [0.15, 0.2) is 52.4 Å². The number of carbonyl (C=O) groups is 3. The number of amides is 2. The number of hydrogen-bond donors (Lipinski definition) is 0. The minimum absolute atomic E-state index is 0.0618. The summed E-state index contributed by atoms with van der Waals surface area (Å²) in [5.41, 5.74) is 1.87. The SMILES string of the molecule is CCOC(=O)COc1ccc(/C=C2/SC(=Nc3cccc(C(=O)N4CCOCC4)c3)N(CC)C2=O)cc1OCC. The largest absolute Gasteiger partial charge is 0.490 e. The lowest BCUT2D eigenvalue weighted by atomic mass is 10.1. The fraction of sp³-hybridized carbons (Fsp3) is 0.379. The minimum Gasteiger partial charge on any atom is -0.490 e. The number of morpholine rings is 1. The van der Waals surface area contributed by atoms with E-state index in [0.29, 0.717) is 72.3 Å². The normalized spacial score (nSPS) is 17.4. The van der Waals surface area contributed by atoms with Gasteiger partial charge in [0.2, 0.25) is 0 Å². The number of aliphatic imine (C=N–C) groups is 1. The van der Waals surface area contributed by atoms with Crippen LogP contribution in [0.5, 0.6) is 11.5 Å². The number of thioether (sulfide) groups is 1. The molecule has 0 bridgehead atoms. The van der Waals surface area contributed by atoms with Gasteiger partial charge < -0.3 is 23.8 Å². The maximum Gasteiger partial charge on any atom is 0.344 e. The summed E-state index contributed by atoms with van der Waals surface area (Å²) >= 11 is 1.27. The first-order chi connectivity index (χ1) is 19.4. The Morgan fingerprint density at radius 2 is 1.82 bits per heavy atom. The van der Waals surface area contributed by atoms with E-state index in [9.17, 15) is 14.4 Å². The second-order valence-corrected chi connectivity index (χ2v) is 9.75. The number of carbonyl (C=O) groups excluding carboxylic acids is 3. The summed E-state index contributed by atoms with van der Waals surface area (Å²) in [6, 6.07) is 12.4. The van der Waals surface area contributed by atoms with E-state index in [1.807, 2.05) is 19.9 Å². The fourth-order valence-electron chi connectivity index (χ4n) is 4.13. The lowest BCUT2D eigenvalue weighted by Crippen LogP contribution is -2.40. The van der Waals surface area contributed by atoms with Gasteiger partial charge in [-0.3, -0.25) is 14.5 Å². The number of likely N-dealkylation sites (N-methyl/N-ethyl adjacent to an activating group) is 1. The smallest absolute Gasteiger partial charge is 0.344 e. The number of hydrogen-bond acceptors (Lipinski definition) is 9. The summed E-state index contributed by atoms with van der Waals surface area (Å²) in [6.07, 6.45) is 1.77. The van der Waals surface area contributed by atoms with Crippen molar-refractivity contribution in [3.8, 4) is 11.5 Å². The van der Waals surface area contributed by atoms with E-state index >= 15 is 0 Å². The van der Waals surface area contributed by atoms with Gasteiger partial charge in [-0.2, -0.15) is 0 Å². The van der Waals surface area contributed by atoms with Crippen LogP contribution in [0.4, 0.5) is 5.69 Å². The van der Waals surface area contributed by atoms with Crippen molar-refractivity contribution in [1.82, 2.24) is 9.80 Å². The fourth-order valence-corrected chi connectivity index (χ4v) is 5.19. The predicted octanol–water partition coefficient (Wildman–Crippen LogP) is 4.12. The van der Waals surface area contributed by atoms with Crippen molar-refractivity contribution in [2.75, 3.05) is 52.7 Å². The number of amidine groups is 1. The lowest BCUT2D eigenvalue weighted by Gasteiger charge is -2.26. The molecule has 0 aliphatic carbocycles. The summed E-state index contributed by atoms with van der Waals surface area (Å²) in [5, 5.41) is 0.536. The first kappa shape index (κ1) is 29.2. The van der Waals surface area contributed by atoms with Crippen LogP contribution in [0, 0.1) is 0 Å². The molecule has 2 saturated heterocycles. The van der Waals surface area contributed by atoms with Crippen LogP contribution < -0.4 is 9.47 Å². The molecule has 2 amide bonds. The van der Waals surface area contributed by atoms with Crippen molar-refractivity contribution < 1.29 is 33.3 Å². The number of ether oxygens (including phenoxy) is 4. The van der Waals surface area contributed by atoms with Gasteiger partial charge in [0, 0.05) is 25.2 Å². The second-order valence-electron chi connectivity index (χ2n) is 8.74. The maximum atomic E-state index is 13.2. The first-order valence-electron chi connectivity index (χ1n) is 13.3. The van der Waals surface area contributed by atoms with Crippen molar-refractivity contribution in [1.29, 1.82) is 0 Å². The van der Waals surface area contributed by atoms with Gasteiger partial charge in [-0.15, -0.1) is 0 Å². The molecule has 2 fully saturated rings. The molecule has 2 aliphatic heterocycles. The molecule has 0 radical (unpaired) electrons. The first-order valence-corrected chi connectivity index (χ1v) is 14.1. The molecule has 2 heterocycles. The van der Waals surface area contributed by atoms with E-state index < -0.39 is 5.97 Å². The van der Waals surface area contributed by atoms with Crippen molar-refractivity contribution in [3.05, 3.63) is 58.5 Å². The molecule has 212 valence electrons. The molecule has 0 N–H and O–H groups in total. The molecule has 11 heteroatoms. The Morgan fingerprint density at radius 3 is 2.55 bits per heavy atom. The topological polar surface area (TPSA) is 107 Å². The summed E-state index contributed by atoms with van der Waals surface area (Å²) in [6.45, 7) is 8.53. The quantitative estimate of drug-likeness (QED) is 0.312. The molecule has 0 unspecified atom stereocenters. The molecule has 0 atom stereocenters. The Hall–Kier alpha value is -3.83. The Balaban J connectivity index is 1.54. The highest BCUT2D eigenvalue weighted by molar-refractivity contribution is 8.18. The number of nitrogens with zero attached hydrogens (tertiary/aromatic N) is 3.